The molecule has 0 atom stereocenters. The highest BCUT2D eigenvalue weighted by Crippen LogP contribution is 2.05. The molecule has 0 aliphatic carbocycles. The van der Waals surface area contributed by atoms with E-state index in [0.717, 1.165) is 0 Å². The summed E-state index contributed by atoms with van der Waals surface area (Å²) >= 11 is 0. The largest absolute Gasteiger partial charge is 0.545 e. The normalized spacial score (nSPS) is 9.00. The molecule has 15 heavy (non-hydrogen) atoms. The van der Waals surface area contributed by atoms with Crippen molar-refractivity contribution in [2.75, 3.05) is 6.61 Å². The number of terminal acetylenes is 1. The summed E-state index contributed by atoms with van der Waals surface area (Å²) in [7, 11) is 0. The number of carboxylic acid groups (broad SMARTS) is 1. The maximum absolute atomic E-state index is 11.2. The second kappa shape index (κ2) is 4.82. The van der Waals surface area contributed by atoms with Crippen LogP contribution in [-0.2, 0) is 4.74 Å². The lowest BCUT2D eigenvalue weighted by Crippen LogP contribution is -2.22. The molecule has 0 aliphatic rings. The predicted octanol–water partition coefficient (Wildman–Crippen LogP) is -0.160. The summed E-state index contributed by atoms with van der Waals surface area (Å²) < 4.78 is 4.62. The smallest absolute Gasteiger partial charge is 0.339 e. The molecular formula is C11H7O4-. The van der Waals surface area contributed by atoms with Crippen LogP contribution in [0.15, 0.2) is 24.3 Å². The maximum atomic E-state index is 11.2. The highest BCUT2D eigenvalue weighted by molar-refractivity contribution is 5.93. The van der Waals surface area contributed by atoms with Gasteiger partial charge in [0.1, 0.15) is 0 Å². The van der Waals surface area contributed by atoms with Crippen molar-refractivity contribution in [2.45, 2.75) is 0 Å². The van der Waals surface area contributed by atoms with Gasteiger partial charge in [0.05, 0.1) is 11.5 Å². The molecule has 4 nitrogen and oxygen atoms in total. The van der Waals surface area contributed by atoms with Gasteiger partial charge >= 0.3 is 5.97 Å². The van der Waals surface area contributed by atoms with Crippen molar-refractivity contribution in [3.63, 3.8) is 0 Å². The minimum absolute atomic E-state index is 0.0786. The number of rotatable bonds is 3. The minimum Gasteiger partial charge on any atom is -0.545 e. The van der Waals surface area contributed by atoms with Crippen molar-refractivity contribution in [1.82, 2.24) is 0 Å². The molecule has 0 aromatic heterocycles. The second-order valence-electron chi connectivity index (χ2n) is 2.65. The van der Waals surface area contributed by atoms with Gasteiger partial charge in [-0.1, -0.05) is 18.1 Å². The van der Waals surface area contributed by atoms with E-state index < -0.39 is 11.9 Å². The zero-order valence-corrected chi connectivity index (χ0v) is 7.73. The van der Waals surface area contributed by atoms with E-state index in [2.05, 4.69) is 10.7 Å². The summed E-state index contributed by atoms with van der Waals surface area (Å²) in [6.45, 7) is -0.144. The van der Waals surface area contributed by atoms with E-state index in [-0.39, 0.29) is 17.7 Å². The summed E-state index contributed by atoms with van der Waals surface area (Å²) in [4.78, 5) is 21.7. The molecule has 0 bridgehead atoms. The van der Waals surface area contributed by atoms with Crippen LogP contribution in [0.4, 0.5) is 0 Å². The van der Waals surface area contributed by atoms with Crippen LogP contribution in [0.2, 0.25) is 0 Å². The molecule has 0 radical (unpaired) electrons. The quantitative estimate of drug-likeness (QED) is 0.505. The van der Waals surface area contributed by atoms with E-state index >= 15 is 0 Å². The first-order valence-corrected chi connectivity index (χ1v) is 4.07. The summed E-state index contributed by atoms with van der Waals surface area (Å²) in [6, 6.07) is 5.37. The molecule has 1 rings (SSSR count). The summed E-state index contributed by atoms with van der Waals surface area (Å²) in [5.74, 6) is 0.132. The highest BCUT2D eigenvalue weighted by atomic mass is 16.5. The number of benzene rings is 1. The number of hydrogen-bond acceptors (Lipinski definition) is 4. The number of carbonyl (C=O) groups is 2. The molecule has 0 N–H and O–H groups in total. The highest BCUT2D eigenvalue weighted by Gasteiger charge is 2.06. The lowest BCUT2D eigenvalue weighted by atomic mass is 10.1. The van der Waals surface area contributed by atoms with Crippen LogP contribution in [0, 0.1) is 12.3 Å². The average molecular weight is 203 g/mol. The number of aromatic carboxylic acids is 1. The van der Waals surface area contributed by atoms with Crippen LogP contribution in [0.25, 0.3) is 0 Å². The molecule has 76 valence electrons. The SMILES string of the molecule is C#CCOC(=O)c1cccc(C(=O)[O-])c1. The van der Waals surface area contributed by atoms with Crippen molar-refractivity contribution < 1.29 is 19.4 Å². The van der Waals surface area contributed by atoms with Crippen LogP contribution in [0.3, 0.4) is 0 Å². The minimum atomic E-state index is -1.35. The van der Waals surface area contributed by atoms with Crippen molar-refractivity contribution in [3.8, 4) is 12.3 Å². The van der Waals surface area contributed by atoms with Gasteiger partial charge < -0.3 is 14.6 Å². The summed E-state index contributed by atoms with van der Waals surface area (Å²) in [6.07, 6.45) is 4.90. The van der Waals surface area contributed by atoms with Crippen LogP contribution in [0.5, 0.6) is 0 Å². The standard InChI is InChI=1S/C11H8O4/c1-2-6-15-11(14)9-5-3-4-8(7-9)10(12)13/h1,3-5,7H,6H2,(H,12,13)/p-1. The number of carboxylic acids is 1. The van der Waals surface area contributed by atoms with Gasteiger partial charge in [-0.15, -0.1) is 6.42 Å². The first kappa shape index (κ1) is 10.8. The molecule has 1 aromatic rings. The first-order valence-electron chi connectivity index (χ1n) is 4.07. The molecule has 0 saturated carbocycles. The van der Waals surface area contributed by atoms with E-state index in [1.165, 1.54) is 24.3 Å². The van der Waals surface area contributed by atoms with Crippen molar-refractivity contribution in [3.05, 3.63) is 35.4 Å². The number of carbonyl (C=O) groups excluding carboxylic acids is 2. The molecule has 0 saturated heterocycles. The monoisotopic (exact) mass is 203 g/mol. The Bertz CT molecular complexity index is 428. The maximum Gasteiger partial charge on any atom is 0.339 e. The van der Waals surface area contributed by atoms with Crippen LogP contribution < -0.4 is 5.11 Å². The van der Waals surface area contributed by atoms with Crippen molar-refractivity contribution in [2.24, 2.45) is 0 Å². The Morgan fingerprint density at radius 2 is 2.07 bits per heavy atom. The van der Waals surface area contributed by atoms with E-state index in [9.17, 15) is 14.7 Å². The third-order valence-corrected chi connectivity index (χ3v) is 1.62. The zero-order valence-electron chi connectivity index (χ0n) is 7.73. The molecule has 0 spiro atoms. The predicted molar refractivity (Wildman–Crippen MR) is 49.9 cm³/mol. The average Bonchev–Trinajstić information content (AvgIpc) is 2.26. The Hall–Kier alpha value is -2.28. The van der Waals surface area contributed by atoms with E-state index in [1.807, 2.05) is 0 Å². The fourth-order valence-electron chi connectivity index (χ4n) is 0.964. The Morgan fingerprint density at radius 3 is 2.67 bits per heavy atom. The molecule has 0 amide bonds. The van der Waals surface area contributed by atoms with Gasteiger partial charge in [-0.2, -0.15) is 0 Å². The molecule has 4 heteroatoms. The Morgan fingerprint density at radius 1 is 1.40 bits per heavy atom. The first-order chi connectivity index (χ1) is 7.15. The molecular weight excluding hydrogens is 196 g/mol. The van der Waals surface area contributed by atoms with Crippen molar-refractivity contribution >= 4 is 11.9 Å². The van der Waals surface area contributed by atoms with Crippen LogP contribution in [0.1, 0.15) is 20.7 Å². The summed E-state index contributed by atoms with van der Waals surface area (Å²) in [5.41, 5.74) is 0.0529. The van der Waals surface area contributed by atoms with Gasteiger partial charge in [0, 0.05) is 0 Å². The second-order valence-corrected chi connectivity index (χ2v) is 2.65. The van der Waals surface area contributed by atoms with Gasteiger partial charge in [-0.05, 0) is 17.7 Å². The van der Waals surface area contributed by atoms with E-state index in [1.54, 1.807) is 0 Å². The Balaban J connectivity index is 2.86. The third-order valence-electron chi connectivity index (χ3n) is 1.62. The lowest BCUT2D eigenvalue weighted by molar-refractivity contribution is -0.255. The van der Waals surface area contributed by atoms with Gasteiger partial charge in [-0.3, -0.25) is 0 Å². The van der Waals surface area contributed by atoms with E-state index in [4.69, 9.17) is 6.42 Å². The van der Waals surface area contributed by atoms with E-state index in [0.29, 0.717) is 0 Å². The number of esters is 1. The number of hydrogen-bond donors (Lipinski definition) is 0. The lowest BCUT2D eigenvalue weighted by Gasteiger charge is -2.04. The zero-order chi connectivity index (χ0) is 11.3. The Labute approximate surface area is 86.5 Å². The molecule has 0 fully saturated rings. The third kappa shape index (κ3) is 2.85. The van der Waals surface area contributed by atoms with Gasteiger partial charge in [0.25, 0.3) is 0 Å². The van der Waals surface area contributed by atoms with Crippen molar-refractivity contribution in [1.29, 1.82) is 0 Å². The number of ether oxygens (including phenoxy) is 1. The Kier molecular flexibility index (Phi) is 3.47. The molecule has 0 aliphatic heterocycles. The fraction of sp³-hybridized carbons (Fsp3) is 0.0909. The molecule has 0 heterocycles. The summed E-state index contributed by atoms with van der Waals surface area (Å²) in [5, 5.41) is 10.5. The van der Waals surface area contributed by atoms with Crippen LogP contribution in [-0.4, -0.2) is 18.5 Å². The molecule has 1 aromatic carbocycles. The van der Waals surface area contributed by atoms with Gasteiger partial charge in [0.15, 0.2) is 6.61 Å². The van der Waals surface area contributed by atoms with Gasteiger partial charge in [-0.25, -0.2) is 4.79 Å². The fourth-order valence-corrected chi connectivity index (χ4v) is 0.964. The topological polar surface area (TPSA) is 66.4 Å². The van der Waals surface area contributed by atoms with Gasteiger partial charge in [0.2, 0.25) is 0 Å². The molecule has 0 unspecified atom stereocenters. The van der Waals surface area contributed by atoms with Crippen LogP contribution >= 0.6 is 0 Å².